The average molecular weight is 357 g/mol. The molecule has 3 rings (SSSR count). The van der Waals surface area contributed by atoms with Gasteiger partial charge in [-0.1, -0.05) is 13.0 Å². The summed E-state index contributed by atoms with van der Waals surface area (Å²) in [6.07, 6.45) is 2.21. The number of nitrogens with one attached hydrogen (secondary N) is 1. The normalized spacial score (nSPS) is 11.3. The second-order valence-corrected chi connectivity index (χ2v) is 5.70. The third-order valence-electron chi connectivity index (χ3n) is 3.66. The SMILES string of the molecule is CCc1n[nH]c(=S)n1N=Cc1ccc(-c2cc([N+](=O)[O-])ccc2C)o1. The van der Waals surface area contributed by atoms with Crippen LogP contribution in [0.1, 0.15) is 24.1 Å². The Morgan fingerprint density at radius 3 is 2.96 bits per heavy atom. The van der Waals surface area contributed by atoms with Crippen molar-refractivity contribution in [1.82, 2.24) is 14.9 Å². The first kappa shape index (κ1) is 16.8. The molecule has 0 saturated carbocycles. The molecule has 8 nitrogen and oxygen atoms in total. The number of hydrogen-bond donors (Lipinski definition) is 1. The van der Waals surface area contributed by atoms with E-state index in [1.165, 1.54) is 23.0 Å². The number of aryl methyl sites for hydroxylation is 2. The molecule has 0 aliphatic rings. The smallest absolute Gasteiger partial charge is 0.270 e. The number of benzene rings is 1. The van der Waals surface area contributed by atoms with Crippen molar-refractivity contribution in [1.29, 1.82) is 0 Å². The number of nitrogens with zero attached hydrogens (tertiary/aromatic N) is 4. The summed E-state index contributed by atoms with van der Waals surface area (Å²) < 4.78 is 7.67. The Bertz CT molecular complexity index is 1010. The first-order valence-electron chi connectivity index (χ1n) is 7.55. The van der Waals surface area contributed by atoms with Gasteiger partial charge in [0, 0.05) is 24.1 Å². The number of non-ortho nitro benzene ring substituents is 1. The highest BCUT2D eigenvalue weighted by Crippen LogP contribution is 2.28. The summed E-state index contributed by atoms with van der Waals surface area (Å²) in [6.45, 7) is 3.82. The lowest BCUT2D eigenvalue weighted by Crippen LogP contribution is -1.96. The highest BCUT2D eigenvalue weighted by Gasteiger charge is 2.13. The van der Waals surface area contributed by atoms with E-state index in [0.717, 1.165) is 5.56 Å². The maximum Gasteiger partial charge on any atom is 0.270 e. The van der Waals surface area contributed by atoms with E-state index in [4.69, 9.17) is 16.6 Å². The van der Waals surface area contributed by atoms with Gasteiger partial charge in [0.25, 0.3) is 5.69 Å². The predicted molar refractivity (Wildman–Crippen MR) is 95.3 cm³/mol. The van der Waals surface area contributed by atoms with Crippen molar-refractivity contribution in [3.05, 3.63) is 62.4 Å². The van der Waals surface area contributed by atoms with Gasteiger partial charge in [-0.3, -0.25) is 15.2 Å². The van der Waals surface area contributed by atoms with E-state index < -0.39 is 4.92 Å². The van der Waals surface area contributed by atoms with Gasteiger partial charge in [-0.15, -0.1) is 0 Å². The molecule has 2 heterocycles. The van der Waals surface area contributed by atoms with E-state index in [1.54, 1.807) is 18.2 Å². The van der Waals surface area contributed by atoms with Gasteiger partial charge in [0.15, 0.2) is 5.82 Å². The molecule has 1 aromatic carbocycles. The minimum atomic E-state index is -0.429. The van der Waals surface area contributed by atoms with Gasteiger partial charge in [-0.05, 0) is 36.8 Å². The molecule has 0 aliphatic carbocycles. The van der Waals surface area contributed by atoms with E-state index in [1.807, 2.05) is 13.8 Å². The number of hydrogen-bond acceptors (Lipinski definition) is 6. The van der Waals surface area contributed by atoms with Gasteiger partial charge < -0.3 is 4.42 Å². The quantitative estimate of drug-likeness (QED) is 0.323. The summed E-state index contributed by atoms with van der Waals surface area (Å²) in [7, 11) is 0. The monoisotopic (exact) mass is 357 g/mol. The maximum atomic E-state index is 11.0. The zero-order valence-corrected chi connectivity index (χ0v) is 14.4. The van der Waals surface area contributed by atoms with Crippen molar-refractivity contribution in [3.8, 4) is 11.3 Å². The van der Waals surface area contributed by atoms with Crippen molar-refractivity contribution in [3.63, 3.8) is 0 Å². The average Bonchev–Trinajstić information content (AvgIpc) is 3.19. The summed E-state index contributed by atoms with van der Waals surface area (Å²) >= 11 is 5.13. The predicted octanol–water partition coefficient (Wildman–Crippen LogP) is 3.86. The first-order valence-corrected chi connectivity index (χ1v) is 7.96. The Balaban J connectivity index is 1.92. The third-order valence-corrected chi connectivity index (χ3v) is 3.92. The largest absolute Gasteiger partial charge is 0.455 e. The number of aromatic nitrogens is 3. The second kappa shape index (κ2) is 6.81. The van der Waals surface area contributed by atoms with Crippen LogP contribution in [0.25, 0.3) is 11.3 Å². The Labute approximate surface area is 148 Å². The molecule has 0 spiro atoms. The summed E-state index contributed by atoms with van der Waals surface area (Å²) in [4.78, 5) is 10.5. The number of furan rings is 1. The summed E-state index contributed by atoms with van der Waals surface area (Å²) in [5.74, 6) is 1.75. The molecule has 1 N–H and O–H groups in total. The molecule has 0 fully saturated rings. The first-order chi connectivity index (χ1) is 12.0. The number of H-pyrrole nitrogens is 1. The zero-order valence-electron chi connectivity index (χ0n) is 13.6. The highest BCUT2D eigenvalue weighted by atomic mass is 32.1. The van der Waals surface area contributed by atoms with Crippen molar-refractivity contribution in [2.24, 2.45) is 5.10 Å². The maximum absolute atomic E-state index is 11.0. The summed E-state index contributed by atoms with van der Waals surface area (Å²) in [5.41, 5.74) is 1.57. The Hall–Kier alpha value is -3.07. The molecule has 25 heavy (non-hydrogen) atoms. The van der Waals surface area contributed by atoms with Crippen molar-refractivity contribution in [2.45, 2.75) is 20.3 Å². The van der Waals surface area contributed by atoms with E-state index in [9.17, 15) is 10.1 Å². The van der Waals surface area contributed by atoms with Gasteiger partial charge in [-0.25, -0.2) is 0 Å². The van der Waals surface area contributed by atoms with Crippen LogP contribution in [0.5, 0.6) is 0 Å². The number of aromatic amines is 1. The van der Waals surface area contributed by atoms with E-state index in [2.05, 4.69) is 15.3 Å². The van der Waals surface area contributed by atoms with Crippen molar-refractivity contribution >= 4 is 24.1 Å². The number of rotatable bonds is 5. The van der Waals surface area contributed by atoms with Crippen LogP contribution in [0, 0.1) is 21.8 Å². The standard InChI is InChI=1S/C16H15N5O3S/c1-3-15-18-19-16(25)20(15)17-9-12-6-7-14(24-12)13-8-11(21(22)23)5-4-10(13)2/h4-9H,3H2,1-2H3,(H,19,25). The van der Waals surface area contributed by atoms with Gasteiger partial charge in [0.05, 0.1) is 11.1 Å². The van der Waals surface area contributed by atoms with Crippen molar-refractivity contribution < 1.29 is 9.34 Å². The minimum Gasteiger partial charge on any atom is -0.455 e. The van der Waals surface area contributed by atoms with E-state index in [-0.39, 0.29) is 5.69 Å². The van der Waals surface area contributed by atoms with Crippen LogP contribution < -0.4 is 0 Å². The van der Waals surface area contributed by atoms with Gasteiger partial charge >= 0.3 is 0 Å². The molecule has 0 saturated heterocycles. The van der Waals surface area contributed by atoms with Gasteiger partial charge in [0.2, 0.25) is 4.77 Å². The van der Waals surface area contributed by atoms with Gasteiger partial charge in [-0.2, -0.15) is 14.9 Å². The lowest BCUT2D eigenvalue weighted by Gasteiger charge is -2.02. The molecule has 128 valence electrons. The van der Waals surface area contributed by atoms with E-state index in [0.29, 0.717) is 34.1 Å². The molecule has 3 aromatic rings. The lowest BCUT2D eigenvalue weighted by molar-refractivity contribution is -0.384. The molecule has 0 atom stereocenters. The molecular formula is C16H15N5O3S. The Morgan fingerprint density at radius 1 is 1.44 bits per heavy atom. The molecule has 0 radical (unpaired) electrons. The Kier molecular flexibility index (Phi) is 4.57. The second-order valence-electron chi connectivity index (χ2n) is 5.31. The molecule has 0 unspecified atom stereocenters. The molecule has 9 heteroatoms. The molecular weight excluding hydrogens is 342 g/mol. The fourth-order valence-corrected chi connectivity index (χ4v) is 2.54. The van der Waals surface area contributed by atoms with Crippen LogP contribution in [-0.2, 0) is 6.42 Å². The van der Waals surface area contributed by atoms with Crippen LogP contribution in [-0.4, -0.2) is 26.0 Å². The highest BCUT2D eigenvalue weighted by molar-refractivity contribution is 7.71. The van der Waals surface area contributed by atoms with Gasteiger partial charge in [0.1, 0.15) is 11.5 Å². The van der Waals surface area contributed by atoms with Crippen LogP contribution >= 0.6 is 12.2 Å². The summed E-state index contributed by atoms with van der Waals surface area (Å²) in [5, 5.41) is 22.0. The fraction of sp³-hybridized carbons (Fsp3) is 0.188. The minimum absolute atomic E-state index is 0.0181. The van der Waals surface area contributed by atoms with Crippen molar-refractivity contribution in [2.75, 3.05) is 0 Å². The molecule has 0 bridgehead atoms. The Morgan fingerprint density at radius 2 is 2.24 bits per heavy atom. The lowest BCUT2D eigenvalue weighted by atomic mass is 10.1. The fourth-order valence-electron chi connectivity index (χ4n) is 2.34. The van der Waals surface area contributed by atoms with Crippen LogP contribution in [0.15, 0.2) is 39.9 Å². The third kappa shape index (κ3) is 3.41. The molecule has 0 aliphatic heterocycles. The van der Waals surface area contributed by atoms with Crippen LogP contribution in [0.4, 0.5) is 5.69 Å². The number of nitro groups is 1. The summed E-state index contributed by atoms with van der Waals surface area (Å²) in [6, 6.07) is 8.16. The zero-order chi connectivity index (χ0) is 18.0. The topological polar surface area (TPSA) is 102 Å². The van der Waals surface area contributed by atoms with Crippen LogP contribution in [0.3, 0.4) is 0 Å². The van der Waals surface area contributed by atoms with Crippen LogP contribution in [0.2, 0.25) is 0 Å². The molecule has 0 amide bonds. The number of nitro benzene ring substituents is 1. The molecule has 2 aromatic heterocycles. The van der Waals surface area contributed by atoms with E-state index >= 15 is 0 Å².